The Morgan fingerprint density at radius 1 is 1.59 bits per heavy atom. The van der Waals surface area contributed by atoms with Crippen molar-refractivity contribution in [3.63, 3.8) is 0 Å². The summed E-state index contributed by atoms with van der Waals surface area (Å²) in [6.45, 7) is 4.43. The number of fused-ring (bicyclic) bond motifs is 1. The molecule has 0 saturated carbocycles. The van der Waals surface area contributed by atoms with Gasteiger partial charge in [0.25, 0.3) is 0 Å². The Morgan fingerprint density at radius 3 is 3.06 bits per heavy atom. The molecule has 2 rings (SSSR count). The van der Waals surface area contributed by atoms with Gasteiger partial charge in [-0.1, -0.05) is 6.92 Å². The number of ether oxygens (including phenoxy) is 2. The first-order valence-corrected chi connectivity index (χ1v) is 5.72. The SMILES string of the molecule is CCOC(=O)C1c2cc(F)ccc2OCC1C. The van der Waals surface area contributed by atoms with Gasteiger partial charge in [0.1, 0.15) is 11.6 Å². The molecule has 2 atom stereocenters. The van der Waals surface area contributed by atoms with Crippen LogP contribution < -0.4 is 4.74 Å². The van der Waals surface area contributed by atoms with Gasteiger partial charge in [0.15, 0.2) is 0 Å². The molecule has 0 amide bonds. The van der Waals surface area contributed by atoms with E-state index in [2.05, 4.69) is 0 Å². The van der Waals surface area contributed by atoms with Crippen molar-refractivity contribution < 1.29 is 18.7 Å². The monoisotopic (exact) mass is 238 g/mol. The first-order chi connectivity index (χ1) is 8.13. The van der Waals surface area contributed by atoms with Crippen molar-refractivity contribution in [3.05, 3.63) is 29.6 Å². The van der Waals surface area contributed by atoms with Gasteiger partial charge in [-0.3, -0.25) is 4.79 Å². The Labute approximate surface area is 99.5 Å². The van der Waals surface area contributed by atoms with Gasteiger partial charge in [0, 0.05) is 11.5 Å². The third-order valence-corrected chi connectivity index (χ3v) is 2.92. The standard InChI is InChI=1S/C13H15FO3/c1-3-16-13(15)12-8(2)7-17-11-5-4-9(14)6-10(11)12/h4-6,8,12H,3,7H2,1-2H3. The van der Waals surface area contributed by atoms with Gasteiger partial charge < -0.3 is 9.47 Å². The zero-order valence-corrected chi connectivity index (χ0v) is 9.90. The number of benzene rings is 1. The molecule has 0 bridgehead atoms. The maximum Gasteiger partial charge on any atom is 0.313 e. The van der Waals surface area contributed by atoms with Crippen LogP contribution in [0.15, 0.2) is 18.2 Å². The number of hydrogen-bond acceptors (Lipinski definition) is 3. The number of halogens is 1. The zero-order chi connectivity index (χ0) is 12.4. The molecule has 1 aromatic rings. The van der Waals surface area contributed by atoms with Crippen LogP contribution in [0.4, 0.5) is 4.39 Å². The van der Waals surface area contributed by atoms with Gasteiger partial charge in [-0.15, -0.1) is 0 Å². The fourth-order valence-electron chi connectivity index (χ4n) is 2.11. The first-order valence-electron chi connectivity index (χ1n) is 5.72. The van der Waals surface area contributed by atoms with Crippen molar-refractivity contribution in [2.75, 3.05) is 13.2 Å². The van der Waals surface area contributed by atoms with Crippen LogP contribution in [0.2, 0.25) is 0 Å². The molecule has 1 aliphatic rings. The Kier molecular flexibility index (Phi) is 3.31. The van der Waals surface area contributed by atoms with E-state index in [9.17, 15) is 9.18 Å². The first kappa shape index (κ1) is 11.9. The molecule has 0 aliphatic carbocycles. The lowest BCUT2D eigenvalue weighted by atomic mass is 9.85. The van der Waals surface area contributed by atoms with Crippen LogP contribution >= 0.6 is 0 Å². The molecular weight excluding hydrogens is 223 g/mol. The van der Waals surface area contributed by atoms with E-state index in [-0.39, 0.29) is 17.7 Å². The average Bonchev–Trinajstić information content (AvgIpc) is 2.28. The molecule has 0 fully saturated rings. The van der Waals surface area contributed by atoms with Crippen molar-refractivity contribution in [2.24, 2.45) is 5.92 Å². The largest absolute Gasteiger partial charge is 0.493 e. The van der Waals surface area contributed by atoms with E-state index in [0.717, 1.165) is 0 Å². The minimum atomic E-state index is -0.436. The Balaban J connectivity index is 2.38. The summed E-state index contributed by atoms with van der Waals surface area (Å²) in [4.78, 5) is 11.9. The molecule has 0 radical (unpaired) electrons. The van der Waals surface area contributed by atoms with Crippen molar-refractivity contribution in [3.8, 4) is 5.75 Å². The molecule has 92 valence electrons. The van der Waals surface area contributed by atoms with E-state index < -0.39 is 5.92 Å². The van der Waals surface area contributed by atoms with Crippen LogP contribution in [-0.2, 0) is 9.53 Å². The molecule has 0 spiro atoms. The fourth-order valence-corrected chi connectivity index (χ4v) is 2.11. The van der Waals surface area contributed by atoms with Crippen LogP contribution in [0.1, 0.15) is 25.3 Å². The Bertz CT molecular complexity index is 431. The van der Waals surface area contributed by atoms with Crippen molar-refractivity contribution in [2.45, 2.75) is 19.8 Å². The summed E-state index contributed by atoms with van der Waals surface area (Å²) in [5.41, 5.74) is 0.585. The summed E-state index contributed by atoms with van der Waals surface area (Å²) in [6.07, 6.45) is 0. The lowest BCUT2D eigenvalue weighted by Crippen LogP contribution is -2.30. The minimum absolute atomic E-state index is 0.0108. The zero-order valence-electron chi connectivity index (χ0n) is 9.90. The highest BCUT2D eigenvalue weighted by Gasteiger charge is 2.34. The number of carbonyl (C=O) groups excluding carboxylic acids is 1. The van der Waals surface area contributed by atoms with Crippen LogP contribution in [0, 0.1) is 11.7 Å². The van der Waals surface area contributed by atoms with Gasteiger partial charge >= 0.3 is 5.97 Å². The quantitative estimate of drug-likeness (QED) is 0.742. The molecule has 0 saturated heterocycles. The molecule has 1 heterocycles. The predicted octanol–water partition coefficient (Wildman–Crippen LogP) is 2.50. The lowest BCUT2D eigenvalue weighted by molar-refractivity contribution is -0.147. The molecule has 1 aromatic carbocycles. The summed E-state index contributed by atoms with van der Waals surface area (Å²) in [7, 11) is 0. The van der Waals surface area contributed by atoms with Gasteiger partial charge in [0.05, 0.1) is 19.1 Å². The number of carbonyl (C=O) groups is 1. The highest BCUT2D eigenvalue weighted by atomic mass is 19.1. The molecule has 1 aliphatic heterocycles. The summed E-state index contributed by atoms with van der Waals surface area (Å²) >= 11 is 0. The summed E-state index contributed by atoms with van der Waals surface area (Å²) in [5, 5.41) is 0. The summed E-state index contributed by atoms with van der Waals surface area (Å²) < 4.78 is 23.7. The van der Waals surface area contributed by atoms with E-state index in [1.807, 2.05) is 6.92 Å². The van der Waals surface area contributed by atoms with E-state index >= 15 is 0 Å². The molecular formula is C13H15FO3. The molecule has 0 N–H and O–H groups in total. The maximum atomic E-state index is 13.2. The lowest BCUT2D eigenvalue weighted by Gasteiger charge is -2.29. The van der Waals surface area contributed by atoms with Gasteiger partial charge in [0.2, 0.25) is 0 Å². The molecule has 4 heteroatoms. The summed E-state index contributed by atoms with van der Waals surface area (Å²) in [5.74, 6) is -0.550. The summed E-state index contributed by atoms with van der Waals surface area (Å²) in [6, 6.07) is 4.24. The van der Waals surface area contributed by atoms with E-state index in [1.54, 1.807) is 13.0 Å². The van der Waals surface area contributed by atoms with E-state index in [4.69, 9.17) is 9.47 Å². The van der Waals surface area contributed by atoms with Crippen LogP contribution in [-0.4, -0.2) is 19.2 Å². The van der Waals surface area contributed by atoms with Gasteiger partial charge in [-0.25, -0.2) is 4.39 Å². The van der Waals surface area contributed by atoms with Crippen molar-refractivity contribution in [1.29, 1.82) is 0 Å². The van der Waals surface area contributed by atoms with E-state index in [1.165, 1.54) is 12.1 Å². The normalized spacial score (nSPS) is 22.5. The smallest absolute Gasteiger partial charge is 0.313 e. The molecule has 2 unspecified atom stereocenters. The third-order valence-electron chi connectivity index (χ3n) is 2.92. The highest BCUT2D eigenvalue weighted by molar-refractivity contribution is 5.80. The molecule has 3 nitrogen and oxygen atoms in total. The molecule has 0 aromatic heterocycles. The predicted molar refractivity (Wildman–Crippen MR) is 60.4 cm³/mol. The maximum absolute atomic E-state index is 13.2. The van der Waals surface area contributed by atoms with Crippen LogP contribution in [0.3, 0.4) is 0 Å². The average molecular weight is 238 g/mol. The second-order valence-corrected chi connectivity index (χ2v) is 4.20. The van der Waals surface area contributed by atoms with Crippen molar-refractivity contribution >= 4 is 5.97 Å². The minimum Gasteiger partial charge on any atom is -0.493 e. The van der Waals surface area contributed by atoms with Crippen LogP contribution in [0.25, 0.3) is 0 Å². The number of hydrogen-bond donors (Lipinski definition) is 0. The fraction of sp³-hybridized carbons (Fsp3) is 0.462. The second kappa shape index (κ2) is 4.73. The Morgan fingerprint density at radius 2 is 2.35 bits per heavy atom. The second-order valence-electron chi connectivity index (χ2n) is 4.20. The number of rotatable bonds is 2. The highest BCUT2D eigenvalue weighted by Crippen LogP contribution is 2.38. The van der Waals surface area contributed by atoms with Crippen molar-refractivity contribution in [1.82, 2.24) is 0 Å². The molecule has 17 heavy (non-hydrogen) atoms. The van der Waals surface area contributed by atoms with Gasteiger partial charge in [-0.2, -0.15) is 0 Å². The van der Waals surface area contributed by atoms with E-state index in [0.29, 0.717) is 24.5 Å². The van der Waals surface area contributed by atoms with Gasteiger partial charge in [-0.05, 0) is 25.1 Å². The number of esters is 1. The Hall–Kier alpha value is -1.58. The van der Waals surface area contributed by atoms with Crippen LogP contribution in [0.5, 0.6) is 5.75 Å². The topological polar surface area (TPSA) is 35.5 Å². The third kappa shape index (κ3) is 2.25.